The van der Waals surface area contributed by atoms with Gasteiger partial charge in [-0.15, -0.1) is 0 Å². The molecule has 2 atom stereocenters. The average molecular weight is 367 g/mol. The van der Waals surface area contributed by atoms with E-state index in [4.69, 9.17) is 4.74 Å². The predicted octanol–water partition coefficient (Wildman–Crippen LogP) is 3.03. The number of amides is 2. The fourth-order valence-corrected chi connectivity index (χ4v) is 3.44. The van der Waals surface area contributed by atoms with Crippen molar-refractivity contribution >= 4 is 23.4 Å². The topological polar surface area (TPSA) is 62.2 Å². The number of carbonyl (C=O) groups excluding carboxylic acids is 2. The van der Waals surface area contributed by atoms with Crippen LogP contribution in [0.3, 0.4) is 0 Å². The van der Waals surface area contributed by atoms with Crippen LogP contribution in [0.1, 0.15) is 12.5 Å². The summed E-state index contributed by atoms with van der Waals surface area (Å²) in [5, 5.41) is 6.30. The molecule has 0 N–H and O–H groups in total. The van der Waals surface area contributed by atoms with Crippen LogP contribution in [0.4, 0.5) is 14.9 Å². The monoisotopic (exact) mass is 367 g/mol. The van der Waals surface area contributed by atoms with E-state index < -0.39 is 12.1 Å². The van der Waals surface area contributed by atoms with Crippen LogP contribution in [-0.2, 0) is 9.53 Å². The number of hydrazone groups is 1. The molecule has 0 saturated carbocycles. The van der Waals surface area contributed by atoms with Crippen LogP contribution in [0.25, 0.3) is 0 Å². The van der Waals surface area contributed by atoms with Crippen molar-refractivity contribution in [1.29, 1.82) is 0 Å². The molecule has 7 heteroatoms. The maximum absolute atomic E-state index is 13.3. The Morgan fingerprint density at radius 1 is 1.15 bits per heavy atom. The number of ether oxygens (including phenoxy) is 1. The second-order valence-electron chi connectivity index (χ2n) is 6.51. The highest BCUT2D eigenvalue weighted by molar-refractivity contribution is 6.10. The third-order valence-corrected chi connectivity index (χ3v) is 4.82. The molecule has 0 aliphatic carbocycles. The molecule has 1 fully saturated rings. The molecular weight excluding hydrogens is 349 g/mol. The first-order valence-corrected chi connectivity index (χ1v) is 8.73. The number of benzene rings is 2. The molecule has 2 aliphatic heterocycles. The SMILES string of the molecule is C[C@@H]1C(c2ccc(F)cc2)=NN(c2ccccc2)[C@H]1C(=O)N1CCOC1=O. The van der Waals surface area contributed by atoms with Gasteiger partial charge in [-0.1, -0.05) is 37.3 Å². The van der Waals surface area contributed by atoms with E-state index in [0.29, 0.717) is 5.71 Å². The van der Waals surface area contributed by atoms with E-state index in [-0.39, 0.29) is 30.8 Å². The molecule has 4 rings (SSSR count). The lowest BCUT2D eigenvalue weighted by Crippen LogP contribution is -2.48. The summed E-state index contributed by atoms with van der Waals surface area (Å²) >= 11 is 0. The quantitative estimate of drug-likeness (QED) is 0.837. The minimum atomic E-state index is -0.682. The Balaban J connectivity index is 1.74. The maximum Gasteiger partial charge on any atom is 0.416 e. The summed E-state index contributed by atoms with van der Waals surface area (Å²) in [4.78, 5) is 26.2. The normalized spacial score (nSPS) is 22.0. The molecule has 0 unspecified atom stereocenters. The second-order valence-corrected chi connectivity index (χ2v) is 6.51. The van der Waals surface area contributed by atoms with Crippen molar-refractivity contribution in [3.05, 3.63) is 66.0 Å². The number of para-hydroxylation sites is 1. The molecule has 1 saturated heterocycles. The molecule has 2 aliphatic rings. The van der Waals surface area contributed by atoms with Crippen molar-refractivity contribution in [3.8, 4) is 0 Å². The standard InChI is InChI=1S/C20H18FN3O3/c1-13-17(14-7-9-15(21)10-8-14)22-24(16-5-3-2-4-6-16)18(13)19(25)23-11-12-27-20(23)26/h2-10,13,18H,11-12H2,1H3/t13-,18-/m1/s1. The minimum Gasteiger partial charge on any atom is -0.447 e. The second kappa shape index (κ2) is 6.83. The molecule has 2 amide bonds. The lowest BCUT2D eigenvalue weighted by molar-refractivity contribution is -0.129. The molecule has 27 heavy (non-hydrogen) atoms. The summed E-state index contributed by atoms with van der Waals surface area (Å²) in [7, 11) is 0. The molecule has 2 aromatic rings. The fourth-order valence-electron chi connectivity index (χ4n) is 3.44. The summed E-state index contributed by atoms with van der Waals surface area (Å²) in [6, 6.07) is 14.6. The molecule has 0 aromatic heterocycles. The zero-order valence-corrected chi connectivity index (χ0v) is 14.7. The van der Waals surface area contributed by atoms with E-state index >= 15 is 0 Å². The number of rotatable bonds is 3. The first-order valence-electron chi connectivity index (χ1n) is 8.73. The van der Waals surface area contributed by atoms with Crippen LogP contribution in [0.5, 0.6) is 0 Å². The zero-order chi connectivity index (χ0) is 19.0. The van der Waals surface area contributed by atoms with Gasteiger partial charge < -0.3 is 4.74 Å². The Kier molecular flexibility index (Phi) is 4.35. The highest BCUT2D eigenvalue weighted by Crippen LogP contribution is 2.32. The summed E-state index contributed by atoms with van der Waals surface area (Å²) in [5.41, 5.74) is 2.15. The number of hydrogen-bond acceptors (Lipinski definition) is 5. The summed E-state index contributed by atoms with van der Waals surface area (Å²) in [6.07, 6.45) is -0.629. The van der Waals surface area contributed by atoms with Gasteiger partial charge in [-0.3, -0.25) is 9.80 Å². The Labute approximate surface area is 155 Å². The minimum absolute atomic E-state index is 0.197. The van der Waals surface area contributed by atoms with Crippen molar-refractivity contribution in [2.24, 2.45) is 11.0 Å². The predicted molar refractivity (Wildman–Crippen MR) is 97.9 cm³/mol. The van der Waals surface area contributed by atoms with Crippen LogP contribution >= 0.6 is 0 Å². The van der Waals surface area contributed by atoms with E-state index in [0.717, 1.165) is 16.2 Å². The van der Waals surface area contributed by atoms with Crippen LogP contribution in [0.15, 0.2) is 59.7 Å². The van der Waals surface area contributed by atoms with Gasteiger partial charge in [0.1, 0.15) is 18.5 Å². The van der Waals surface area contributed by atoms with Gasteiger partial charge in [-0.2, -0.15) is 5.10 Å². The molecular formula is C20H18FN3O3. The number of nitrogens with zero attached hydrogens (tertiary/aromatic N) is 3. The smallest absolute Gasteiger partial charge is 0.416 e. The third-order valence-electron chi connectivity index (χ3n) is 4.82. The van der Waals surface area contributed by atoms with Crippen molar-refractivity contribution in [1.82, 2.24) is 4.90 Å². The van der Waals surface area contributed by atoms with Crippen LogP contribution in [0.2, 0.25) is 0 Å². The molecule has 138 valence electrons. The Morgan fingerprint density at radius 2 is 1.85 bits per heavy atom. The molecule has 2 aromatic carbocycles. The lowest BCUT2D eigenvalue weighted by Gasteiger charge is -2.27. The van der Waals surface area contributed by atoms with Gasteiger partial charge in [0, 0.05) is 5.92 Å². The average Bonchev–Trinajstić information content (AvgIpc) is 3.26. The van der Waals surface area contributed by atoms with Gasteiger partial charge in [-0.25, -0.2) is 14.1 Å². The summed E-state index contributed by atoms with van der Waals surface area (Å²) < 4.78 is 18.2. The van der Waals surface area contributed by atoms with Gasteiger partial charge in [-0.05, 0) is 29.8 Å². The zero-order valence-electron chi connectivity index (χ0n) is 14.7. The summed E-state index contributed by atoms with van der Waals surface area (Å²) in [5.74, 6) is -0.983. The number of imide groups is 1. The number of halogens is 1. The van der Waals surface area contributed by atoms with Gasteiger partial charge in [0.25, 0.3) is 5.91 Å². The first-order chi connectivity index (χ1) is 13.1. The van der Waals surface area contributed by atoms with Crippen LogP contribution < -0.4 is 5.01 Å². The van der Waals surface area contributed by atoms with Crippen molar-refractivity contribution in [2.75, 3.05) is 18.2 Å². The highest BCUT2D eigenvalue weighted by Gasteiger charge is 2.45. The molecule has 2 heterocycles. The molecule has 0 bridgehead atoms. The highest BCUT2D eigenvalue weighted by atomic mass is 19.1. The van der Waals surface area contributed by atoms with Crippen molar-refractivity contribution in [3.63, 3.8) is 0 Å². The van der Waals surface area contributed by atoms with Crippen LogP contribution in [-0.4, -0.2) is 41.8 Å². The van der Waals surface area contributed by atoms with E-state index in [9.17, 15) is 14.0 Å². The van der Waals surface area contributed by atoms with Crippen molar-refractivity contribution < 1.29 is 18.7 Å². The number of anilines is 1. The summed E-state index contributed by atoms with van der Waals surface area (Å²) in [6.45, 7) is 2.31. The molecule has 0 radical (unpaired) electrons. The third kappa shape index (κ3) is 3.05. The molecule has 0 spiro atoms. The largest absolute Gasteiger partial charge is 0.447 e. The van der Waals surface area contributed by atoms with E-state index in [1.54, 1.807) is 17.1 Å². The van der Waals surface area contributed by atoms with E-state index in [2.05, 4.69) is 5.10 Å². The van der Waals surface area contributed by atoms with Crippen LogP contribution in [0, 0.1) is 11.7 Å². The Bertz CT molecular complexity index is 898. The first kappa shape index (κ1) is 17.2. The van der Waals surface area contributed by atoms with Crippen molar-refractivity contribution in [2.45, 2.75) is 13.0 Å². The maximum atomic E-state index is 13.3. The van der Waals surface area contributed by atoms with E-state index in [1.165, 1.54) is 12.1 Å². The van der Waals surface area contributed by atoms with Gasteiger partial charge >= 0.3 is 6.09 Å². The Hall–Kier alpha value is -3.22. The fraction of sp³-hybridized carbons (Fsp3) is 0.250. The van der Waals surface area contributed by atoms with Gasteiger partial charge in [0.2, 0.25) is 0 Å². The molecule has 6 nitrogen and oxygen atoms in total. The van der Waals surface area contributed by atoms with Gasteiger partial charge in [0.15, 0.2) is 0 Å². The van der Waals surface area contributed by atoms with E-state index in [1.807, 2.05) is 37.3 Å². The number of cyclic esters (lactones) is 1. The number of carbonyl (C=O) groups is 2. The number of hydrogen-bond donors (Lipinski definition) is 0. The Morgan fingerprint density at radius 3 is 2.48 bits per heavy atom. The van der Waals surface area contributed by atoms with Gasteiger partial charge in [0.05, 0.1) is 17.9 Å². The lowest BCUT2D eigenvalue weighted by atomic mass is 9.92.